The fourth-order valence-electron chi connectivity index (χ4n) is 2.34. The third-order valence-corrected chi connectivity index (χ3v) is 3.66. The van der Waals surface area contributed by atoms with Crippen LogP contribution in [-0.2, 0) is 12.1 Å². The van der Waals surface area contributed by atoms with E-state index in [2.05, 4.69) is 34.7 Å². The number of nitrogens with zero attached hydrogens (tertiary/aromatic N) is 4. The monoisotopic (exact) mass is 297 g/mol. The van der Waals surface area contributed by atoms with E-state index in [1.54, 1.807) is 10.9 Å². The lowest BCUT2D eigenvalue weighted by Gasteiger charge is -2.25. The number of hydrogen-bond donors (Lipinski definition) is 1. The van der Waals surface area contributed by atoms with E-state index in [1.807, 2.05) is 43.3 Å². The molecule has 2 aromatic heterocycles. The standard InChI is InChI=1S/C16H19N5O/c1-12-7-4-5-9-14(12)21-15(18-19-20-21)16(2,3)17-11-13-8-6-10-22-13/h4-10,17H,11H2,1-3H3. The van der Waals surface area contributed by atoms with E-state index in [4.69, 9.17) is 4.42 Å². The molecule has 6 nitrogen and oxygen atoms in total. The van der Waals surface area contributed by atoms with Gasteiger partial charge in [0.2, 0.25) is 0 Å². The number of hydrogen-bond acceptors (Lipinski definition) is 5. The molecule has 0 aliphatic rings. The quantitative estimate of drug-likeness (QED) is 0.784. The second kappa shape index (κ2) is 5.73. The van der Waals surface area contributed by atoms with E-state index in [9.17, 15) is 0 Å². The van der Waals surface area contributed by atoms with Gasteiger partial charge in [-0.1, -0.05) is 18.2 Å². The van der Waals surface area contributed by atoms with Gasteiger partial charge in [0.05, 0.1) is 24.0 Å². The van der Waals surface area contributed by atoms with Crippen LogP contribution in [0, 0.1) is 6.92 Å². The maximum Gasteiger partial charge on any atom is 0.176 e. The Bertz CT molecular complexity index is 746. The summed E-state index contributed by atoms with van der Waals surface area (Å²) >= 11 is 0. The third kappa shape index (κ3) is 2.78. The lowest BCUT2D eigenvalue weighted by atomic mass is 10.0. The van der Waals surface area contributed by atoms with Gasteiger partial charge in [0.25, 0.3) is 0 Å². The Kier molecular flexibility index (Phi) is 3.77. The largest absolute Gasteiger partial charge is 0.468 e. The minimum Gasteiger partial charge on any atom is -0.468 e. The average molecular weight is 297 g/mol. The van der Waals surface area contributed by atoms with Crippen LogP contribution >= 0.6 is 0 Å². The van der Waals surface area contributed by atoms with Gasteiger partial charge in [-0.2, -0.15) is 4.68 Å². The number of tetrazole rings is 1. The van der Waals surface area contributed by atoms with Gasteiger partial charge in [-0.05, 0) is 55.0 Å². The zero-order valence-corrected chi connectivity index (χ0v) is 12.9. The molecule has 6 heteroatoms. The first-order chi connectivity index (χ1) is 10.6. The Morgan fingerprint density at radius 3 is 2.73 bits per heavy atom. The van der Waals surface area contributed by atoms with Crippen LogP contribution in [0.15, 0.2) is 47.1 Å². The SMILES string of the molecule is Cc1ccccc1-n1nnnc1C(C)(C)NCc1ccco1. The number of nitrogens with one attached hydrogen (secondary N) is 1. The molecule has 2 heterocycles. The fourth-order valence-corrected chi connectivity index (χ4v) is 2.34. The molecular weight excluding hydrogens is 278 g/mol. The zero-order chi connectivity index (χ0) is 15.6. The van der Waals surface area contributed by atoms with Crippen molar-refractivity contribution in [3.8, 4) is 5.69 Å². The highest BCUT2D eigenvalue weighted by Gasteiger charge is 2.28. The van der Waals surface area contributed by atoms with Crippen LogP contribution in [0.1, 0.15) is 31.0 Å². The van der Waals surface area contributed by atoms with Crippen LogP contribution in [0.5, 0.6) is 0 Å². The zero-order valence-electron chi connectivity index (χ0n) is 12.9. The molecule has 0 unspecified atom stereocenters. The molecule has 0 saturated carbocycles. The molecule has 1 N–H and O–H groups in total. The van der Waals surface area contributed by atoms with E-state index in [1.165, 1.54) is 0 Å². The highest BCUT2D eigenvalue weighted by Crippen LogP contribution is 2.22. The van der Waals surface area contributed by atoms with Crippen LogP contribution in [0.4, 0.5) is 0 Å². The molecule has 3 aromatic rings. The van der Waals surface area contributed by atoms with Crippen LogP contribution < -0.4 is 5.32 Å². The average Bonchev–Trinajstić information content (AvgIpc) is 3.17. The predicted molar refractivity (Wildman–Crippen MR) is 82.5 cm³/mol. The maximum atomic E-state index is 5.36. The molecule has 1 aromatic carbocycles. The van der Waals surface area contributed by atoms with Crippen LogP contribution in [0.2, 0.25) is 0 Å². The minimum atomic E-state index is -0.404. The van der Waals surface area contributed by atoms with Crippen molar-refractivity contribution in [2.75, 3.05) is 0 Å². The van der Waals surface area contributed by atoms with Crippen molar-refractivity contribution < 1.29 is 4.42 Å². The minimum absolute atomic E-state index is 0.404. The van der Waals surface area contributed by atoms with E-state index >= 15 is 0 Å². The Labute approximate surface area is 129 Å². The third-order valence-electron chi connectivity index (χ3n) is 3.66. The van der Waals surface area contributed by atoms with Gasteiger partial charge in [0.15, 0.2) is 5.82 Å². The van der Waals surface area contributed by atoms with E-state index in [0.717, 1.165) is 22.8 Å². The summed E-state index contributed by atoms with van der Waals surface area (Å²) in [6.45, 7) is 6.76. The lowest BCUT2D eigenvalue weighted by molar-refractivity contribution is 0.347. The van der Waals surface area contributed by atoms with Crippen molar-refractivity contribution in [2.24, 2.45) is 0 Å². The molecular formula is C16H19N5O. The van der Waals surface area contributed by atoms with Gasteiger partial charge in [-0.25, -0.2) is 0 Å². The van der Waals surface area contributed by atoms with Crippen molar-refractivity contribution in [1.29, 1.82) is 0 Å². The van der Waals surface area contributed by atoms with Gasteiger partial charge in [-0.15, -0.1) is 5.10 Å². The fraction of sp³-hybridized carbons (Fsp3) is 0.312. The van der Waals surface area contributed by atoms with Crippen LogP contribution in [0.25, 0.3) is 5.69 Å². The molecule has 0 atom stereocenters. The first-order valence-electron chi connectivity index (χ1n) is 7.20. The first kappa shape index (κ1) is 14.5. The second-order valence-corrected chi connectivity index (χ2v) is 5.76. The number of rotatable bonds is 5. The summed E-state index contributed by atoms with van der Waals surface area (Å²) in [5.74, 6) is 1.64. The van der Waals surface area contributed by atoms with Crippen molar-refractivity contribution in [1.82, 2.24) is 25.5 Å². The molecule has 0 amide bonds. The number of aromatic nitrogens is 4. The van der Waals surface area contributed by atoms with Crippen LogP contribution in [0.3, 0.4) is 0 Å². The molecule has 22 heavy (non-hydrogen) atoms. The summed E-state index contributed by atoms with van der Waals surface area (Å²) in [7, 11) is 0. The van der Waals surface area contributed by atoms with Gasteiger partial charge in [0.1, 0.15) is 5.76 Å². The molecule has 0 saturated heterocycles. The predicted octanol–water partition coefficient (Wildman–Crippen LogP) is 2.59. The summed E-state index contributed by atoms with van der Waals surface area (Å²) in [6, 6.07) is 11.9. The summed E-state index contributed by atoms with van der Waals surface area (Å²) in [4.78, 5) is 0. The number of para-hydroxylation sites is 1. The molecule has 114 valence electrons. The summed E-state index contributed by atoms with van der Waals surface area (Å²) < 4.78 is 7.14. The molecule has 0 radical (unpaired) electrons. The number of furan rings is 1. The molecule has 0 fully saturated rings. The molecule has 0 spiro atoms. The topological polar surface area (TPSA) is 68.8 Å². The van der Waals surface area contributed by atoms with E-state index in [0.29, 0.717) is 6.54 Å². The van der Waals surface area contributed by atoms with Gasteiger partial charge >= 0.3 is 0 Å². The highest BCUT2D eigenvalue weighted by atomic mass is 16.3. The first-order valence-corrected chi connectivity index (χ1v) is 7.20. The Morgan fingerprint density at radius 2 is 2.00 bits per heavy atom. The molecule has 0 aliphatic heterocycles. The summed E-state index contributed by atoms with van der Waals surface area (Å²) in [5.41, 5.74) is 1.70. The number of aryl methyl sites for hydroxylation is 1. The van der Waals surface area contributed by atoms with Crippen molar-refractivity contribution in [3.05, 3.63) is 59.8 Å². The van der Waals surface area contributed by atoms with Gasteiger partial charge < -0.3 is 4.42 Å². The Morgan fingerprint density at radius 1 is 1.18 bits per heavy atom. The molecule has 0 aliphatic carbocycles. The Balaban J connectivity index is 1.88. The van der Waals surface area contributed by atoms with E-state index < -0.39 is 5.54 Å². The summed E-state index contributed by atoms with van der Waals surface area (Å²) in [6.07, 6.45) is 1.67. The maximum absolute atomic E-state index is 5.36. The van der Waals surface area contributed by atoms with Gasteiger partial charge in [-0.3, -0.25) is 5.32 Å². The highest BCUT2D eigenvalue weighted by molar-refractivity contribution is 5.40. The smallest absolute Gasteiger partial charge is 0.176 e. The van der Waals surface area contributed by atoms with Crippen molar-refractivity contribution >= 4 is 0 Å². The lowest BCUT2D eigenvalue weighted by Crippen LogP contribution is -2.38. The Hall–Kier alpha value is -2.47. The summed E-state index contributed by atoms with van der Waals surface area (Å²) in [5, 5.41) is 15.7. The van der Waals surface area contributed by atoms with Crippen molar-refractivity contribution in [3.63, 3.8) is 0 Å². The van der Waals surface area contributed by atoms with E-state index in [-0.39, 0.29) is 0 Å². The number of benzene rings is 1. The van der Waals surface area contributed by atoms with Crippen LogP contribution in [-0.4, -0.2) is 20.2 Å². The molecule has 3 rings (SSSR count). The normalized spacial score (nSPS) is 11.8. The van der Waals surface area contributed by atoms with Crippen molar-refractivity contribution in [2.45, 2.75) is 32.9 Å². The van der Waals surface area contributed by atoms with Gasteiger partial charge in [0, 0.05) is 0 Å². The second-order valence-electron chi connectivity index (χ2n) is 5.76. The molecule has 0 bridgehead atoms.